The van der Waals surface area contributed by atoms with Gasteiger partial charge in [0.1, 0.15) is 0 Å². The standard InChI is InChI=1S/C15H23NOS2/c1-2-14(19-9-1)3-7-16-13-4-8-17-15(12-13)5-10-18-11-6-15/h1-2,9,13,16H,3-8,10-12H2. The van der Waals surface area contributed by atoms with Gasteiger partial charge in [-0.15, -0.1) is 11.3 Å². The summed E-state index contributed by atoms with van der Waals surface area (Å²) in [6.45, 7) is 2.05. The normalized spacial score (nSPS) is 26.6. The van der Waals surface area contributed by atoms with Crippen molar-refractivity contribution in [2.24, 2.45) is 0 Å². The Bertz CT molecular complexity index is 368. The molecule has 3 heterocycles. The van der Waals surface area contributed by atoms with Gasteiger partial charge in [0.05, 0.1) is 5.60 Å². The van der Waals surface area contributed by atoms with E-state index in [1.54, 1.807) is 0 Å². The molecule has 0 saturated carbocycles. The van der Waals surface area contributed by atoms with Gasteiger partial charge in [0.2, 0.25) is 0 Å². The highest BCUT2D eigenvalue weighted by atomic mass is 32.2. The summed E-state index contributed by atoms with van der Waals surface area (Å²) in [6, 6.07) is 5.04. The first-order chi connectivity index (χ1) is 9.36. The molecule has 0 aliphatic carbocycles. The molecule has 1 aromatic rings. The molecule has 0 aromatic carbocycles. The number of hydrogen-bond acceptors (Lipinski definition) is 4. The summed E-state index contributed by atoms with van der Waals surface area (Å²) < 4.78 is 6.14. The van der Waals surface area contributed by atoms with E-state index in [4.69, 9.17) is 4.74 Å². The van der Waals surface area contributed by atoms with Crippen molar-refractivity contribution in [1.82, 2.24) is 5.32 Å². The molecule has 3 rings (SSSR count). The summed E-state index contributed by atoms with van der Waals surface area (Å²) in [5.74, 6) is 2.56. The lowest BCUT2D eigenvalue weighted by atomic mass is 9.85. The summed E-state index contributed by atoms with van der Waals surface area (Å²) in [5, 5.41) is 5.92. The number of hydrogen-bond donors (Lipinski definition) is 1. The third-order valence-electron chi connectivity index (χ3n) is 4.28. The highest BCUT2D eigenvalue weighted by Crippen LogP contribution is 2.37. The SMILES string of the molecule is c1csc(CCNC2CCOC3(CCSCC3)C2)c1. The molecule has 19 heavy (non-hydrogen) atoms. The minimum absolute atomic E-state index is 0.212. The summed E-state index contributed by atoms with van der Waals surface area (Å²) in [4.78, 5) is 1.49. The van der Waals surface area contributed by atoms with Crippen LogP contribution in [0.3, 0.4) is 0 Å². The van der Waals surface area contributed by atoms with Crippen molar-refractivity contribution in [1.29, 1.82) is 0 Å². The van der Waals surface area contributed by atoms with Gasteiger partial charge >= 0.3 is 0 Å². The Morgan fingerprint density at radius 3 is 3.05 bits per heavy atom. The van der Waals surface area contributed by atoms with Crippen LogP contribution in [-0.4, -0.2) is 36.3 Å². The Morgan fingerprint density at radius 2 is 2.26 bits per heavy atom. The third kappa shape index (κ3) is 3.75. The van der Waals surface area contributed by atoms with Crippen molar-refractivity contribution in [3.63, 3.8) is 0 Å². The topological polar surface area (TPSA) is 21.3 Å². The molecule has 106 valence electrons. The van der Waals surface area contributed by atoms with Crippen LogP contribution in [0.5, 0.6) is 0 Å². The van der Waals surface area contributed by atoms with Gasteiger partial charge in [-0.1, -0.05) is 6.07 Å². The zero-order chi connectivity index (χ0) is 13.0. The lowest BCUT2D eigenvalue weighted by molar-refractivity contribution is -0.0930. The summed E-state index contributed by atoms with van der Waals surface area (Å²) in [6.07, 6.45) is 6.07. The fourth-order valence-corrected chi connectivity index (χ4v) is 5.09. The van der Waals surface area contributed by atoms with Crippen molar-refractivity contribution in [3.05, 3.63) is 22.4 Å². The van der Waals surface area contributed by atoms with E-state index in [2.05, 4.69) is 34.6 Å². The van der Waals surface area contributed by atoms with Crippen molar-refractivity contribution in [2.45, 2.75) is 43.7 Å². The molecule has 2 nitrogen and oxygen atoms in total. The predicted molar refractivity (Wildman–Crippen MR) is 84.3 cm³/mol. The summed E-state index contributed by atoms with van der Waals surface area (Å²) in [5.41, 5.74) is 0.212. The van der Waals surface area contributed by atoms with Crippen LogP contribution >= 0.6 is 23.1 Å². The maximum Gasteiger partial charge on any atom is 0.0713 e. The largest absolute Gasteiger partial charge is 0.375 e. The van der Waals surface area contributed by atoms with Crippen LogP contribution < -0.4 is 5.32 Å². The first-order valence-electron chi connectivity index (χ1n) is 7.34. The van der Waals surface area contributed by atoms with E-state index in [1.165, 1.54) is 42.1 Å². The Morgan fingerprint density at radius 1 is 1.37 bits per heavy atom. The van der Waals surface area contributed by atoms with Crippen molar-refractivity contribution < 1.29 is 4.74 Å². The second-order valence-corrected chi connectivity index (χ2v) is 7.87. The van der Waals surface area contributed by atoms with Gasteiger partial charge in [-0.3, -0.25) is 0 Å². The minimum Gasteiger partial charge on any atom is -0.375 e. The van der Waals surface area contributed by atoms with Crippen molar-refractivity contribution in [2.75, 3.05) is 24.7 Å². The van der Waals surface area contributed by atoms with Gasteiger partial charge < -0.3 is 10.1 Å². The molecule has 2 saturated heterocycles. The van der Waals surface area contributed by atoms with E-state index in [9.17, 15) is 0 Å². The van der Waals surface area contributed by atoms with Gasteiger partial charge in [0, 0.05) is 24.1 Å². The lowest BCUT2D eigenvalue weighted by Crippen LogP contribution is -2.49. The number of nitrogens with one attached hydrogen (secondary N) is 1. The van der Waals surface area contributed by atoms with Gasteiger partial charge in [-0.2, -0.15) is 11.8 Å². The van der Waals surface area contributed by atoms with E-state index in [0.29, 0.717) is 6.04 Å². The highest BCUT2D eigenvalue weighted by Gasteiger charge is 2.38. The number of ether oxygens (including phenoxy) is 1. The Balaban J connectivity index is 1.45. The Hall–Kier alpha value is -0.0300. The van der Waals surface area contributed by atoms with E-state index in [1.807, 2.05) is 11.3 Å². The van der Waals surface area contributed by atoms with Crippen LogP contribution in [0, 0.1) is 0 Å². The van der Waals surface area contributed by atoms with Crippen molar-refractivity contribution in [3.8, 4) is 0 Å². The van der Waals surface area contributed by atoms with Gasteiger partial charge in [-0.05, 0) is 55.1 Å². The Kier molecular flexibility index (Phi) is 4.85. The molecule has 1 aromatic heterocycles. The van der Waals surface area contributed by atoms with Crippen LogP contribution in [0.25, 0.3) is 0 Å². The van der Waals surface area contributed by atoms with Crippen LogP contribution in [0.2, 0.25) is 0 Å². The molecule has 2 aliphatic heterocycles. The maximum absolute atomic E-state index is 6.14. The maximum atomic E-state index is 6.14. The van der Waals surface area contributed by atoms with Crippen LogP contribution in [0.4, 0.5) is 0 Å². The third-order valence-corrected chi connectivity index (χ3v) is 6.20. The molecule has 2 aliphatic rings. The quantitative estimate of drug-likeness (QED) is 0.921. The van der Waals surface area contributed by atoms with Crippen molar-refractivity contribution >= 4 is 23.1 Å². The van der Waals surface area contributed by atoms with E-state index in [-0.39, 0.29) is 5.60 Å². The predicted octanol–water partition coefficient (Wildman–Crippen LogP) is 3.33. The van der Waals surface area contributed by atoms with Gasteiger partial charge in [0.25, 0.3) is 0 Å². The zero-order valence-electron chi connectivity index (χ0n) is 11.4. The fraction of sp³-hybridized carbons (Fsp3) is 0.733. The van der Waals surface area contributed by atoms with Gasteiger partial charge in [-0.25, -0.2) is 0 Å². The van der Waals surface area contributed by atoms with Crippen LogP contribution in [0.1, 0.15) is 30.6 Å². The average Bonchev–Trinajstić information content (AvgIpc) is 2.93. The molecule has 0 radical (unpaired) electrons. The smallest absolute Gasteiger partial charge is 0.0713 e. The van der Waals surface area contributed by atoms with Crippen LogP contribution in [-0.2, 0) is 11.2 Å². The second-order valence-electron chi connectivity index (χ2n) is 5.62. The summed E-state index contributed by atoms with van der Waals surface area (Å²) >= 11 is 3.94. The van der Waals surface area contributed by atoms with E-state index in [0.717, 1.165) is 19.6 Å². The number of rotatable bonds is 4. The second kappa shape index (κ2) is 6.61. The molecule has 4 heteroatoms. The molecule has 0 amide bonds. The molecular formula is C15H23NOS2. The molecule has 1 N–H and O–H groups in total. The minimum atomic E-state index is 0.212. The first kappa shape index (κ1) is 13.9. The highest BCUT2D eigenvalue weighted by molar-refractivity contribution is 7.99. The van der Waals surface area contributed by atoms with Gasteiger partial charge in [0.15, 0.2) is 0 Å². The molecule has 1 spiro atoms. The molecule has 2 fully saturated rings. The monoisotopic (exact) mass is 297 g/mol. The number of thioether (sulfide) groups is 1. The zero-order valence-corrected chi connectivity index (χ0v) is 13.0. The number of thiophene rings is 1. The molecule has 1 unspecified atom stereocenters. The summed E-state index contributed by atoms with van der Waals surface area (Å²) in [7, 11) is 0. The molecule has 0 bridgehead atoms. The van der Waals surface area contributed by atoms with Crippen LogP contribution in [0.15, 0.2) is 17.5 Å². The molecular weight excluding hydrogens is 274 g/mol. The Labute approximate surface area is 124 Å². The fourth-order valence-electron chi connectivity index (χ4n) is 3.15. The first-order valence-corrected chi connectivity index (χ1v) is 9.37. The molecule has 1 atom stereocenters. The van der Waals surface area contributed by atoms with E-state index >= 15 is 0 Å². The lowest BCUT2D eigenvalue weighted by Gasteiger charge is -2.43. The van der Waals surface area contributed by atoms with E-state index < -0.39 is 0 Å². The average molecular weight is 297 g/mol.